The van der Waals surface area contributed by atoms with Gasteiger partial charge in [-0.05, 0) is 37.6 Å². The van der Waals surface area contributed by atoms with E-state index >= 15 is 0 Å². The summed E-state index contributed by atoms with van der Waals surface area (Å²) in [4.78, 5) is 0.878. The van der Waals surface area contributed by atoms with Gasteiger partial charge in [0.05, 0.1) is 15.7 Å². The van der Waals surface area contributed by atoms with E-state index < -0.39 is 20.6 Å². The van der Waals surface area contributed by atoms with E-state index in [1.54, 1.807) is 12.1 Å². The summed E-state index contributed by atoms with van der Waals surface area (Å²) in [5.41, 5.74) is 5.59. The summed E-state index contributed by atoms with van der Waals surface area (Å²) in [5, 5.41) is 0. The van der Waals surface area contributed by atoms with Crippen LogP contribution in [0.1, 0.15) is 13.3 Å². The van der Waals surface area contributed by atoms with Crippen LogP contribution in [-0.4, -0.2) is 30.7 Å². The van der Waals surface area contributed by atoms with Gasteiger partial charge in [-0.25, -0.2) is 8.42 Å². The van der Waals surface area contributed by atoms with Crippen LogP contribution in [0.25, 0.3) is 0 Å². The lowest BCUT2D eigenvalue weighted by atomic mass is 10.3. The highest BCUT2D eigenvalue weighted by atomic mass is 32.2. The first-order valence-corrected chi connectivity index (χ1v) is 8.46. The fourth-order valence-electron chi connectivity index (χ4n) is 1.25. The molecule has 0 aliphatic rings. The van der Waals surface area contributed by atoms with Crippen LogP contribution in [0.4, 0.5) is 0 Å². The second kappa shape index (κ2) is 5.75. The Balaban J connectivity index is 2.78. The van der Waals surface area contributed by atoms with E-state index in [1.165, 1.54) is 12.1 Å². The smallest absolute Gasteiger partial charge is 0.175 e. The minimum absolute atomic E-state index is 0.0224. The Bertz CT molecular complexity index is 492. The number of nitrogens with two attached hydrogens (primary N) is 1. The lowest BCUT2D eigenvalue weighted by molar-refractivity contribution is 0.601. The van der Waals surface area contributed by atoms with Crippen LogP contribution < -0.4 is 5.73 Å². The minimum Gasteiger partial charge on any atom is -0.328 e. The highest BCUT2D eigenvalue weighted by molar-refractivity contribution is 7.90. The Morgan fingerprint density at radius 3 is 2.24 bits per heavy atom. The van der Waals surface area contributed by atoms with E-state index in [0.29, 0.717) is 17.1 Å². The first kappa shape index (κ1) is 14.3. The van der Waals surface area contributed by atoms with Crippen molar-refractivity contribution in [3.05, 3.63) is 24.3 Å². The van der Waals surface area contributed by atoms with E-state index in [0.717, 1.165) is 6.26 Å². The van der Waals surface area contributed by atoms with Crippen molar-refractivity contribution in [1.82, 2.24) is 0 Å². The van der Waals surface area contributed by atoms with Gasteiger partial charge in [-0.3, -0.25) is 4.21 Å². The van der Waals surface area contributed by atoms with Crippen molar-refractivity contribution in [2.75, 3.05) is 12.0 Å². The van der Waals surface area contributed by atoms with Gasteiger partial charge in [0, 0.05) is 22.9 Å². The molecule has 0 radical (unpaired) electrons. The molecule has 1 rings (SSSR count). The summed E-state index contributed by atoms with van der Waals surface area (Å²) in [6, 6.07) is 6.17. The molecule has 1 aromatic rings. The van der Waals surface area contributed by atoms with Crippen LogP contribution in [-0.2, 0) is 20.6 Å². The van der Waals surface area contributed by atoms with Crippen LogP contribution in [0.2, 0.25) is 0 Å². The second-order valence-electron chi connectivity index (χ2n) is 4.06. The fourth-order valence-corrected chi connectivity index (χ4v) is 3.14. The van der Waals surface area contributed by atoms with Crippen molar-refractivity contribution < 1.29 is 12.6 Å². The van der Waals surface area contributed by atoms with Crippen LogP contribution in [0.15, 0.2) is 34.1 Å². The maximum Gasteiger partial charge on any atom is 0.175 e. The van der Waals surface area contributed by atoms with E-state index in [4.69, 9.17) is 5.73 Å². The zero-order valence-electron chi connectivity index (χ0n) is 9.92. The van der Waals surface area contributed by atoms with Crippen molar-refractivity contribution in [3.63, 3.8) is 0 Å². The Morgan fingerprint density at radius 2 is 1.82 bits per heavy atom. The van der Waals surface area contributed by atoms with Crippen molar-refractivity contribution in [2.45, 2.75) is 29.2 Å². The van der Waals surface area contributed by atoms with Gasteiger partial charge in [-0.15, -0.1) is 0 Å². The van der Waals surface area contributed by atoms with Gasteiger partial charge in [0.15, 0.2) is 9.84 Å². The largest absolute Gasteiger partial charge is 0.328 e. The molecule has 0 heterocycles. The molecule has 0 aliphatic heterocycles. The third-order valence-electron chi connectivity index (χ3n) is 2.27. The molecular weight excluding hydrogens is 258 g/mol. The third-order valence-corrected chi connectivity index (χ3v) is 4.81. The van der Waals surface area contributed by atoms with Crippen molar-refractivity contribution >= 4 is 20.6 Å². The predicted octanol–water partition coefficient (Wildman–Crippen LogP) is 0.935. The summed E-state index contributed by atoms with van der Waals surface area (Å²) in [6.07, 6.45) is 1.83. The molecule has 0 aromatic heterocycles. The summed E-state index contributed by atoms with van der Waals surface area (Å²) in [6.45, 7) is 1.87. The molecule has 4 nitrogen and oxygen atoms in total. The van der Waals surface area contributed by atoms with Crippen LogP contribution >= 0.6 is 0 Å². The number of hydrogen-bond donors (Lipinski definition) is 1. The monoisotopic (exact) mass is 275 g/mol. The molecule has 1 aromatic carbocycles. The van der Waals surface area contributed by atoms with Crippen molar-refractivity contribution in [1.29, 1.82) is 0 Å². The second-order valence-corrected chi connectivity index (χ2v) is 7.65. The average molecular weight is 275 g/mol. The molecule has 2 N–H and O–H groups in total. The van der Waals surface area contributed by atoms with E-state index in [2.05, 4.69) is 0 Å². The molecule has 2 unspecified atom stereocenters. The molecule has 0 amide bonds. The molecule has 6 heteroatoms. The molecule has 0 bridgehead atoms. The first-order chi connectivity index (χ1) is 7.80. The van der Waals surface area contributed by atoms with Gasteiger partial charge in [0.1, 0.15) is 0 Å². The van der Waals surface area contributed by atoms with Gasteiger partial charge >= 0.3 is 0 Å². The van der Waals surface area contributed by atoms with E-state index in [9.17, 15) is 12.6 Å². The number of sulfone groups is 1. The lowest BCUT2D eigenvalue weighted by Gasteiger charge is -2.05. The molecule has 2 atom stereocenters. The third kappa shape index (κ3) is 4.57. The zero-order chi connectivity index (χ0) is 13.1. The molecule has 0 aliphatic carbocycles. The number of benzene rings is 1. The van der Waals surface area contributed by atoms with Crippen LogP contribution in [0.3, 0.4) is 0 Å². The fraction of sp³-hybridized carbons (Fsp3) is 0.455. The Morgan fingerprint density at radius 1 is 1.29 bits per heavy atom. The maximum absolute atomic E-state index is 11.8. The average Bonchev–Trinajstić information content (AvgIpc) is 2.25. The van der Waals surface area contributed by atoms with Crippen molar-refractivity contribution in [3.8, 4) is 0 Å². The van der Waals surface area contributed by atoms with Gasteiger partial charge in [-0.2, -0.15) is 0 Å². The SMILES string of the molecule is CC(N)CCS(=O)c1ccc(S(C)(=O)=O)cc1. The Labute approximate surface area is 105 Å². The highest BCUT2D eigenvalue weighted by Crippen LogP contribution is 2.13. The molecule has 17 heavy (non-hydrogen) atoms. The highest BCUT2D eigenvalue weighted by Gasteiger charge is 2.09. The first-order valence-electron chi connectivity index (χ1n) is 5.25. The zero-order valence-corrected chi connectivity index (χ0v) is 11.6. The number of hydrogen-bond acceptors (Lipinski definition) is 4. The lowest BCUT2D eigenvalue weighted by Crippen LogP contribution is -2.17. The van der Waals surface area contributed by atoms with Crippen molar-refractivity contribution in [2.24, 2.45) is 5.73 Å². The summed E-state index contributed by atoms with van der Waals surface area (Å²) >= 11 is 0. The van der Waals surface area contributed by atoms with E-state index in [1.807, 2.05) is 6.92 Å². The normalized spacial score (nSPS) is 15.5. The molecule has 0 spiro atoms. The van der Waals surface area contributed by atoms with Crippen LogP contribution in [0, 0.1) is 0 Å². The molecule has 96 valence electrons. The quantitative estimate of drug-likeness (QED) is 0.867. The molecular formula is C11H17NO3S2. The Kier molecular flexibility index (Phi) is 4.85. The Hall–Kier alpha value is -0.720. The molecule has 0 saturated carbocycles. The topological polar surface area (TPSA) is 77.2 Å². The van der Waals surface area contributed by atoms with Gasteiger partial charge in [0.25, 0.3) is 0 Å². The maximum atomic E-state index is 11.8. The van der Waals surface area contributed by atoms with Gasteiger partial charge in [-0.1, -0.05) is 0 Å². The minimum atomic E-state index is -3.19. The summed E-state index contributed by atoms with van der Waals surface area (Å²) in [5.74, 6) is 0.496. The van der Waals surface area contributed by atoms with Gasteiger partial charge < -0.3 is 5.73 Å². The van der Waals surface area contributed by atoms with Crippen LogP contribution in [0.5, 0.6) is 0 Å². The molecule has 0 fully saturated rings. The summed E-state index contributed by atoms with van der Waals surface area (Å²) < 4.78 is 34.3. The number of rotatable bonds is 5. The predicted molar refractivity (Wildman–Crippen MR) is 69.1 cm³/mol. The molecule has 0 saturated heterocycles. The van der Waals surface area contributed by atoms with Gasteiger partial charge in [0.2, 0.25) is 0 Å². The standard InChI is InChI=1S/C11H17NO3S2/c1-9(12)7-8-16(13)10-3-5-11(6-4-10)17(2,14)15/h3-6,9H,7-8,12H2,1-2H3. The van der Waals surface area contributed by atoms with E-state index in [-0.39, 0.29) is 10.9 Å². The summed E-state index contributed by atoms with van der Waals surface area (Å²) in [7, 11) is -4.30.